The smallest absolute Gasteiger partial charge is 0.0200 e. The number of hydrogen-bond donors (Lipinski definition) is 0. The van der Waals surface area contributed by atoms with Crippen LogP contribution in [0.5, 0.6) is 0 Å². The van der Waals surface area contributed by atoms with Gasteiger partial charge < -0.3 is 0 Å². The summed E-state index contributed by atoms with van der Waals surface area (Å²) in [6.07, 6.45) is 0. The summed E-state index contributed by atoms with van der Waals surface area (Å²) < 4.78 is 0. The first-order chi connectivity index (χ1) is 8.84. The molecule has 0 aliphatic heterocycles. The Labute approximate surface area is 112 Å². The Hall–Kier alpha value is -1.73. The van der Waals surface area contributed by atoms with E-state index in [9.17, 15) is 0 Å². The van der Waals surface area contributed by atoms with Crippen LogP contribution in [0.15, 0.2) is 76.5 Å². The minimum atomic E-state index is 1.30. The van der Waals surface area contributed by atoms with Crippen LogP contribution in [-0.2, 0) is 0 Å². The van der Waals surface area contributed by atoms with Crippen LogP contribution >= 0.6 is 11.8 Å². The van der Waals surface area contributed by atoms with Gasteiger partial charge in [0, 0.05) is 9.79 Å². The van der Waals surface area contributed by atoms with Crippen LogP contribution in [0, 0.1) is 6.92 Å². The molecule has 3 aromatic rings. The van der Waals surface area contributed by atoms with Crippen molar-refractivity contribution in [2.24, 2.45) is 0 Å². The van der Waals surface area contributed by atoms with E-state index in [-0.39, 0.29) is 0 Å². The molecule has 0 saturated heterocycles. The average molecular weight is 250 g/mol. The van der Waals surface area contributed by atoms with Gasteiger partial charge in [-0.25, -0.2) is 0 Å². The fraction of sp³-hybridized carbons (Fsp3) is 0.0588. The van der Waals surface area contributed by atoms with Gasteiger partial charge in [-0.15, -0.1) is 0 Å². The van der Waals surface area contributed by atoms with Crippen molar-refractivity contribution >= 4 is 22.5 Å². The molecular weight excluding hydrogens is 236 g/mol. The fourth-order valence-electron chi connectivity index (χ4n) is 2.07. The minimum Gasteiger partial charge on any atom is -0.0892 e. The highest BCUT2D eigenvalue weighted by Crippen LogP contribution is 2.34. The average Bonchev–Trinajstić information content (AvgIpc) is 2.42. The maximum Gasteiger partial charge on any atom is 0.0200 e. The maximum atomic E-state index is 2.19. The van der Waals surface area contributed by atoms with Gasteiger partial charge in [0.25, 0.3) is 0 Å². The van der Waals surface area contributed by atoms with Crippen molar-refractivity contribution in [1.82, 2.24) is 0 Å². The molecule has 0 aliphatic rings. The lowest BCUT2D eigenvalue weighted by Gasteiger charge is -2.08. The van der Waals surface area contributed by atoms with Crippen LogP contribution in [-0.4, -0.2) is 0 Å². The van der Waals surface area contributed by atoms with Crippen molar-refractivity contribution in [3.63, 3.8) is 0 Å². The summed E-state index contributed by atoms with van der Waals surface area (Å²) in [6, 6.07) is 23.6. The molecule has 0 nitrogen and oxygen atoms in total. The number of benzene rings is 3. The van der Waals surface area contributed by atoms with Gasteiger partial charge in [0.2, 0.25) is 0 Å². The van der Waals surface area contributed by atoms with Crippen LogP contribution in [0.25, 0.3) is 10.8 Å². The summed E-state index contributed by atoms with van der Waals surface area (Å²) in [7, 11) is 0. The fourth-order valence-corrected chi connectivity index (χ4v) is 3.13. The van der Waals surface area contributed by atoms with E-state index in [2.05, 4.69) is 73.7 Å². The first-order valence-electron chi connectivity index (χ1n) is 6.06. The molecule has 0 saturated carbocycles. The van der Waals surface area contributed by atoms with Gasteiger partial charge >= 0.3 is 0 Å². The third kappa shape index (κ3) is 2.14. The number of aryl methyl sites for hydroxylation is 1. The van der Waals surface area contributed by atoms with Crippen molar-refractivity contribution in [2.75, 3.05) is 0 Å². The summed E-state index contributed by atoms with van der Waals surface area (Å²) in [4.78, 5) is 2.65. The molecule has 3 aromatic carbocycles. The van der Waals surface area contributed by atoms with Crippen LogP contribution in [0.4, 0.5) is 0 Å². The van der Waals surface area contributed by atoms with E-state index < -0.39 is 0 Å². The molecule has 88 valence electrons. The normalized spacial score (nSPS) is 10.7. The van der Waals surface area contributed by atoms with Crippen molar-refractivity contribution < 1.29 is 0 Å². The molecular formula is C17H14S. The van der Waals surface area contributed by atoms with E-state index in [0.717, 1.165) is 0 Å². The third-order valence-corrected chi connectivity index (χ3v) is 4.32. The van der Waals surface area contributed by atoms with Gasteiger partial charge in [-0.2, -0.15) is 0 Å². The Morgan fingerprint density at radius 3 is 2.22 bits per heavy atom. The Morgan fingerprint density at radius 2 is 1.33 bits per heavy atom. The van der Waals surface area contributed by atoms with Gasteiger partial charge in [-0.05, 0) is 35.4 Å². The molecule has 0 N–H and O–H groups in total. The Morgan fingerprint density at radius 1 is 0.667 bits per heavy atom. The SMILES string of the molecule is Cc1ccccc1Sc1cccc2ccccc12. The zero-order valence-electron chi connectivity index (χ0n) is 10.3. The highest BCUT2D eigenvalue weighted by molar-refractivity contribution is 7.99. The molecule has 18 heavy (non-hydrogen) atoms. The van der Waals surface area contributed by atoms with E-state index in [4.69, 9.17) is 0 Å². The van der Waals surface area contributed by atoms with E-state index in [0.29, 0.717) is 0 Å². The Kier molecular flexibility index (Phi) is 3.07. The molecule has 0 aromatic heterocycles. The van der Waals surface area contributed by atoms with Crippen LogP contribution in [0.2, 0.25) is 0 Å². The number of fused-ring (bicyclic) bond motifs is 1. The molecule has 0 spiro atoms. The van der Waals surface area contributed by atoms with Gasteiger partial charge in [0.15, 0.2) is 0 Å². The van der Waals surface area contributed by atoms with Crippen molar-refractivity contribution in [3.8, 4) is 0 Å². The molecule has 0 unspecified atom stereocenters. The molecule has 0 atom stereocenters. The lowest BCUT2D eigenvalue weighted by molar-refractivity contribution is 1.30. The molecule has 0 aliphatic carbocycles. The second kappa shape index (κ2) is 4.87. The maximum absolute atomic E-state index is 2.19. The number of hydrogen-bond acceptors (Lipinski definition) is 1. The second-order valence-corrected chi connectivity index (χ2v) is 5.43. The Bertz CT molecular complexity index is 681. The molecule has 1 heteroatoms. The van der Waals surface area contributed by atoms with Crippen molar-refractivity contribution in [1.29, 1.82) is 0 Å². The lowest BCUT2D eigenvalue weighted by Crippen LogP contribution is -1.80. The van der Waals surface area contributed by atoms with Crippen molar-refractivity contribution in [2.45, 2.75) is 16.7 Å². The molecule has 0 fully saturated rings. The second-order valence-electron chi connectivity index (χ2n) is 4.34. The largest absolute Gasteiger partial charge is 0.0892 e. The molecule has 0 amide bonds. The molecule has 0 heterocycles. The standard InChI is InChI=1S/C17H14S/c1-13-7-2-5-11-16(13)18-17-12-6-9-14-8-3-4-10-15(14)17/h2-12H,1H3. The van der Waals surface area contributed by atoms with Crippen molar-refractivity contribution in [3.05, 3.63) is 72.3 Å². The highest BCUT2D eigenvalue weighted by Gasteiger charge is 2.04. The monoisotopic (exact) mass is 250 g/mol. The van der Waals surface area contributed by atoms with Crippen LogP contribution in [0.1, 0.15) is 5.56 Å². The highest BCUT2D eigenvalue weighted by atomic mass is 32.2. The zero-order chi connectivity index (χ0) is 12.4. The minimum absolute atomic E-state index is 1.30. The summed E-state index contributed by atoms with van der Waals surface area (Å²) in [5.41, 5.74) is 1.33. The van der Waals surface area contributed by atoms with E-state index >= 15 is 0 Å². The first-order valence-corrected chi connectivity index (χ1v) is 6.87. The van der Waals surface area contributed by atoms with E-state index in [1.54, 1.807) is 0 Å². The molecule has 0 radical (unpaired) electrons. The topological polar surface area (TPSA) is 0 Å². The quantitative estimate of drug-likeness (QED) is 0.594. The number of rotatable bonds is 2. The van der Waals surface area contributed by atoms with Gasteiger partial charge in [0.05, 0.1) is 0 Å². The molecule has 0 bridgehead atoms. The molecule has 3 rings (SSSR count). The third-order valence-electron chi connectivity index (χ3n) is 3.06. The van der Waals surface area contributed by atoms with Gasteiger partial charge in [-0.3, -0.25) is 0 Å². The van der Waals surface area contributed by atoms with Gasteiger partial charge in [0.1, 0.15) is 0 Å². The zero-order valence-corrected chi connectivity index (χ0v) is 11.1. The van der Waals surface area contributed by atoms with E-state index in [1.165, 1.54) is 26.1 Å². The predicted molar refractivity (Wildman–Crippen MR) is 79.3 cm³/mol. The summed E-state index contributed by atoms with van der Waals surface area (Å²) >= 11 is 1.84. The first kappa shape index (κ1) is 11.4. The van der Waals surface area contributed by atoms with Crippen LogP contribution in [0.3, 0.4) is 0 Å². The summed E-state index contributed by atoms with van der Waals surface area (Å²) in [5.74, 6) is 0. The Balaban J connectivity index is 2.08. The lowest BCUT2D eigenvalue weighted by atomic mass is 10.1. The van der Waals surface area contributed by atoms with Gasteiger partial charge in [-0.1, -0.05) is 66.4 Å². The summed E-state index contributed by atoms with van der Waals surface area (Å²) in [5, 5.41) is 2.63. The predicted octanol–water partition coefficient (Wildman–Crippen LogP) is 5.30. The van der Waals surface area contributed by atoms with Crippen LogP contribution < -0.4 is 0 Å². The summed E-state index contributed by atoms with van der Waals surface area (Å²) in [6.45, 7) is 2.16. The van der Waals surface area contributed by atoms with E-state index in [1.807, 2.05) is 11.8 Å².